The van der Waals surface area contributed by atoms with Crippen LogP contribution in [0.4, 0.5) is 0 Å². The number of thiophene rings is 1. The molecule has 2 aromatic rings. The van der Waals surface area contributed by atoms with Crippen molar-refractivity contribution >= 4 is 21.4 Å². The standard InChI is InChI=1S/C8H5S.Zn/c1-2-4-8-7(3-1)5-6-9-8;/h1-5H;/q-1;. The summed E-state index contributed by atoms with van der Waals surface area (Å²) in [5.74, 6) is 0. The molecule has 0 spiro atoms. The summed E-state index contributed by atoms with van der Waals surface area (Å²) in [5.41, 5.74) is 0. The van der Waals surface area contributed by atoms with Gasteiger partial charge in [0.15, 0.2) is 0 Å². The van der Waals surface area contributed by atoms with Crippen LogP contribution in [-0.2, 0) is 19.5 Å². The number of benzene rings is 1. The first-order valence-corrected chi connectivity index (χ1v) is 3.63. The van der Waals surface area contributed by atoms with Gasteiger partial charge < -0.3 is 0 Å². The Morgan fingerprint density at radius 3 is 2.80 bits per heavy atom. The molecule has 0 fully saturated rings. The summed E-state index contributed by atoms with van der Waals surface area (Å²) >= 11 is 1.66. The second kappa shape index (κ2) is 3.27. The van der Waals surface area contributed by atoms with Crippen LogP contribution in [0, 0.1) is 5.38 Å². The molecule has 0 amide bonds. The molecule has 0 aliphatic carbocycles. The van der Waals surface area contributed by atoms with Crippen LogP contribution in [0.2, 0.25) is 0 Å². The summed E-state index contributed by atoms with van der Waals surface area (Å²) in [5, 5.41) is 4.37. The maximum atomic E-state index is 3.08. The van der Waals surface area contributed by atoms with Crippen molar-refractivity contribution in [2.24, 2.45) is 0 Å². The monoisotopic (exact) mass is 197 g/mol. The quantitative estimate of drug-likeness (QED) is 0.451. The molecule has 0 saturated carbocycles. The normalized spacial score (nSPS) is 9.20. The van der Waals surface area contributed by atoms with E-state index in [-0.39, 0.29) is 19.5 Å². The largest absolute Gasteiger partial charge is 0.296 e. The van der Waals surface area contributed by atoms with Gasteiger partial charge >= 0.3 is 0 Å². The van der Waals surface area contributed by atoms with Crippen molar-refractivity contribution in [3.63, 3.8) is 0 Å². The topological polar surface area (TPSA) is 0 Å². The smallest absolute Gasteiger partial charge is 0 e. The van der Waals surface area contributed by atoms with E-state index in [4.69, 9.17) is 0 Å². The number of rotatable bonds is 0. The zero-order chi connectivity index (χ0) is 6.10. The summed E-state index contributed by atoms with van der Waals surface area (Å²) < 4.78 is 1.32. The Morgan fingerprint density at radius 1 is 1.20 bits per heavy atom. The third-order valence-electron chi connectivity index (χ3n) is 1.30. The maximum Gasteiger partial charge on any atom is 0 e. The number of hydrogen-bond acceptors (Lipinski definition) is 1. The summed E-state index contributed by atoms with van der Waals surface area (Å²) in [4.78, 5) is 0. The average molecular weight is 199 g/mol. The summed E-state index contributed by atoms with van der Waals surface area (Å²) in [7, 11) is 0. The maximum absolute atomic E-state index is 3.08. The minimum atomic E-state index is 0. The molecule has 0 aliphatic rings. The van der Waals surface area contributed by atoms with Gasteiger partial charge in [-0.1, -0.05) is 12.1 Å². The van der Waals surface area contributed by atoms with Crippen LogP contribution in [0.3, 0.4) is 0 Å². The average Bonchev–Trinajstić information content (AvgIpc) is 2.33. The van der Waals surface area contributed by atoms with Crippen LogP contribution in [0.25, 0.3) is 10.1 Å². The minimum absolute atomic E-state index is 0. The number of fused-ring (bicyclic) bond motifs is 1. The Balaban J connectivity index is 0.000000500. The predicted octanol–water partition coefficient (Wildman–Crippen LogP) is 2.70. The van der Waals surface area contributed by atoms with Gasteiger partial charge in [-0.2, -0.15) is 11.5 Å². The van der Waals surface area contributed by atoms with E-state index in [1.165, 1.54) is 10.1 Å². The molecule has 1 heterocycles. The van der Waals surface area contributed by atoms with Crippen molar-refractivity contribution < 1.29 is 19.5 Å². The first-order valence-electron chi connectivity index (χ1n) is 2.81. The molecule has 0 unspecified atom stereocenters. The SMILES string of the molecule is [Zn].[c-]1cc2ccccc2s1. The molecule has 46 valence electrons. The third-order valence-corrected chi connectivity index (χ3v) is 2.13. The van der Waals surface area contributed by atoms with Crippen LogP contribution in [0.5, 0.6) is 0 Å². The third kappa shape index (κ3) is 1.28. The Hall–Kier alpha value is -0.197. The zero-order valence-corrected chi connectivity index (χ0v) is 9.29. The van der Waals surface area contributed by atoms with Gasteiger partial charge in [-0.05, 0) is 0 Å². The molecule has 1 aromatic carbocycles. The zero-order valence-electron chi connectivity index (χ0n) is 5.50. The molecule has 0 aliphatic heterocycles. The molecule has 1 aromatic heterocycles. The van der Waals surface area contributed by atoms with Crippen LogP contribution >= 0.6 is 11.3 Å². The van der Waals surface area contributed by atoms with Crippen LogP contribution < -0.4 is 0 Å². The Morgan fingerprint density at radius 2 is 2.00 bits per heavy atom. The Kier molecular flexibility index (Phi) is 2.59. The Labute approximate surface area is 76.6 Å². The Bertz CT molecular complexity index is 283. The fourth-order valence-electron chi connectivity index (χ4n) is 0.849. The summed E-state index contributed by atoms with van der Waals surface area (Å²) in [6, 6.07) is 10.3. The van der Waals surface area contributed by atoms with Gasteiger partial charge in [0.1, 0.15) is 0 Å². The fraction of sp³-hybridized carbons (Fsp3) is 0. The van der Waals surface area contributed by atoms with Gasteiger partial charge in [-0.15, -0.1) is 22.2 Å². The van der Waals surface area contributed by atoms with Gasteiger partial charge in [0.2, 0.25) is 0 Å². The first kappa shape index (κ1) is 7.91. The van der Waals surface area contributed by atoms with E-state index in [0.29, 0.717) is 0 Å². The molecule has 0 N–H and O–H groups in total. The van der Waals surface area contributed by atoms with Crippen LogP contribution in [0.15, 0.2) is 30.3 Å². The van der Waals surface area contributed by atoms with Crippen molar-refractivity contribution in [2.75, 3.05) is 0 Å². The van der Waals surface area contributed by atoms with Crippen molar-refractivity contribution in [3.8, 4) is 0 Å². The van der Waals surface area contributed by atoms with Crippen molar-refractivity contribution in [3.05, 3.63) is 35.7 Å². The van der Waals surface area contributed by atoms with Gasteiger partial charge in [0.05, 0.1) is 0 Å². The molecule has 0 saturated heterocycles. The van der Waals surface area contributed by atoms with E-state index >= 15 is 0 Å². The van der Waals surface area contributed by atoms with E-state index in [1.54, 1.807) is 11.3 Å². The van der Waals surface area contributed by atoms with Crippen molar-refractivity contribution in [1.82, 2.24) is 0 Å². The molecule has 10 heavy (non-hydrogen) atoms. The van der Waals surface area contributed by atoms with E-state index in [2.05, 4.69) is 17.5 Å². The summed E-state index contributed by atoms with van der Waals surface area (Å²) in [6.07, 6.45) is 0. The predicted molar refractivity (Wildman–Crippen MR) is 40.7 cm³/mol. The molecule has 2 rings (SSSR count). The molecule has 2 heteroatoms. The van der Waals surface area contributed by atoms with E-state index in [1.807, 2.05) is 18.2 Å². The van der Waals surface area contributed by atoms with E-state index < -0.39 is 0 Å². The molecule has 0 bridgehead atoms. The second-order valence-corrected chi connectivity index (χ2v) is 2.78. The first-order chi connectivity index (χ1) is 4.47. The number of hydrogen-bond donors (Lipinski definition) is 0. The molecule has 0 nitrogen and oxygen atoms in total. The van der Waals surface area contributed by atoms with E-state index in [9.17, 15) is 0 Å². The van der Waals surface area contributed by atoms with Crippen molar-refractivity contribution in [1.29, 1.82) is 0 Å². The van der Waals surface area contributed by atoms with Gasteiger partial charge in [0, 0.05) is 19.5 Å². The second-order valence-electron chi connectivity index (χ2n) is 1.90. The molecule has 0 atom stereocenters. The van der Waals surface area contributed by atoms with Crippen LogP contribution in [0.1, 0.15) is 0 Å². The van der Waals surface area contributed by atoms with Gasteiger partial charge in [-0.25, -0.2) is 0 Å². The van der Waals surface area contributed by atoms with Crippen molar-refractivity contribution in [2.45, 2.75) is 0 Å². The van der Waals surface area contributed by atoms with Gasteiger partial charge in [0.25, 0.3) is 0 Å². The summed E-state index contributed by atoms with van der Waals surface area (Å²) in [6.45, 7) is 0. The van der Waals surface area contributed by atoms with Crippen LogP contribution in [-0.4, -0.2) is 0 Å². The molecular weight excluding hydrogens is 194 g/mol. The molecule has 0 radical (unpaired) electrons. The fourth-order valence-corrected chi connectivity index (χ4v) is 1.55. The van der Waals surface area contributed by atoms with E-state index in [0.717, 1.165) is 0 Å². The minimum Gasteiger partial charge on any atom is -0.296 e. The van der Waals surface area contributed by atoms with Gasteiger partial charge in [-0.3, -0.25) is 11.3 Å². The molecular formula is C8H5SZn-.